The molecule has 126 valence electrons. The number of halogens is 2. The van der Waals surface area contributed by atoms with Gasteiger partial charge in [-0.15, -0.1) is 0 Å². The van der Waals surface area contributed by atoms with Crippen molar-refractivity contribution >= 4 is 6.03 Å². The molecule has 1 aromatic rings. The summed E-state index contributed by atoms with van der Waals surface area (Å²) in [7, 11) is 1.59. The Labute approximate surface area is 133 Å². The fourth-order valence-electron chi connectivity index (χ4n) is 2.94. The lowest BCUT2D eigenvalue weighted by Gasteiger charge is -2.32. The minimum absolute atomic E-state index is 0.0876. The van der Waals surface area contributed by atoms with Crippen LogP contribution in [0.15, 0.2) is 18.2 Å². The third-order valence-electron chi connectivity index (χ3n) is 4.24. The quantitative estimate of drug-likeness (QED) is 0.919. The monoisotopic (exact) mass is 326 g/mol. The molecule has 1 N–H and O–H groups in total. The van der Waals surface area contributed by atoms with Crippen molar-refractivity contribution in [1.82, 2.24) is 10.2 Å². The smallest absolute Gasteiger partial charge is 0.317 e. The summed E-state index contributed by atoms with van der Waals surface area (Å²) in [5.74, 6) is -1.24. The molecule has 0 spiro atoms. The molecule has 2 amide bonds. The molecule has 23 heavy (non-hydrogen) atoms. The van der Waals surface area contributed by atoms with E-state index in [4.69, 9.17) is 9.47 Å². The Bertz CT molecular complexity index is 582. The van der Waals surface area contributed by atoms with E-state index in [1.807, 2.05) is 0 Å². The van der Waals surface area contributed by atoms with Crippen LogP contribution in [0.4, 0.5) is 13.6 Å². The van der Waals surface area contributed by atoms with Crippen LogP contribution in [-0.4, -0.2) is 56.5 Å². The van der Waals surface area contributed by atoms with Gasteiger partial charge in [0.1, 0.15) is 11.6 Å². The maximum atomic E-state index is 13.7. The average molecular weight is 326 g/mol. The van der Waals surface area contributed by atoms with Crippen LogP contribution in [0.5, 0.6) is 0 Å². The highest BCUT2D eigenvalue weighted by atomic mass is 19.1. The van der Waals surface area contributed by atoms with Crippen LogP contribution in [0, 0.1) is 11.6 Å². The molecular weight excluding hydrogens is 306 g/mol. The van der Waals surface area contributed by atoms with Crippen molar-refractivity contribution in [2.45, 2.75) is 24.5 Å². The first-order valence-corrected chi connectivity index (χ1v) is 7.69. The SMILES string of the molecule is COC[C@@H]1CN(C(=O)N[C@H]2C[C@@H]2c2ccc(F)cc2F)CCO1. The fourth-order valence-corrected chi connectivity index (χ4v) is 2.94. The van der Waals surface area contributed by atoms with Gasteiger partial charge in [0, 0.05) is 31.7 Å². The normalized spacial score (nSPS) is 26.9. The Morgan fingerprint density at radius 1 is 1.48 bits per heavy atom. The summed E-state index contributed by atoms with van der Waals surface area (Å²) in [6, 6.07) is 3.29. The predicted octanol–water partition coefficient (Wildman–Crippen LogP) is 1.88. The van der Waals surface area contributed by atoms with Gasteiger partial charge >= 0.3 is 6.03 Å². The van der Waals surface area contributed by atoms with Crippen LogP contribution in [0.1, 0.15) is 17.9 Å². The van der Waals surface area contributed by atoms with E-state index in [0.717, 1.165) is 6.07 Å². The molecule has 1 heterocycles. The molecule has 7 heteroatoms. The Morgan fingerprint density at radius 3 is 3.04 bits per heavy atom. The van der Waals surface area contributed by atoms with Gasteiger partial charge < -0.3 is 19.7 Å². The molecule has 1 saturated heterocycles. The largest absolute Gasteiger partial charge is 0.382 e. The standard InChI is InChI=1S/C16H20F2N2O3/c1-22-9-11-8-20(4-5-23-11)16(21)19-15-7-13(15)12-3-2-10(17)6-14(12)18/h2-3,6,11,13,15H,4-5,7-9H2,1H3,(H,19,21)/t11-,13+,15-/m0/s1. The number of carbonyl (C=O) groups is 1. The van der Waals surface area contributed by atoms with Gasteiger partial charge in [0.05, 0.1) is 25.9 Å². The Kier molecular flexibility index (Phi) is 4.77. The number of carbonyl (C=O) groups excluding carboxylic acids is 1. The summed E-state index contributed by atoms with van der Waals surface area (Å²) in [5.41, 5.74) is 0.455. The molecule has 1 saturated carbocycles. The van der Waals surface area contributed by atoms with E-state index in [-0.39, 0.29) is 24.1 Å². The highest BCUT2D eigenvalue weighted by molar-refractivity contribution is 5.75. The molecule has 1 aliphatic carbocycles. The number of amides is 2. The van der Waals surface area contributed by atoms with Gasteiger partial charge in [-0.05, 0) is 18.1 Å². The second-order valence-electron chi connectivity index (χ2n) is 5.96. The zero-order valence-electron chi connectivity index (χ0n) is 12.9. The van der Waals surface area contributed by atoms with Gasteiger partial charge in [0.25, 0.3) is 0 Å². The first-order valence-electron chi connectivity index (χ1n) is 7.69. The number of benzene rings is 1. The number of hydrogen-bond donors (Lipinski definition) is 1. The summed E-state index contributed by atoms with van der Waals surface area (Å²) in [5, 5.41) is 2.91. The van der Waals surface area contributed by atoms with E-state index in [9.17, 15) is 13.6 Å². The molecule has 5 nitrogen and oxygen atoms in total. The third kappa shape index (κ3) is 3.79. The Balaban J connectivity index is 1.53. The minimum Gasteiger partial charge on any atom is -0.382 e. The maximum Gasteiger partial charge on any atom is 0.317 e. The summed E-state index contributed by atoms with van der Waals surface area (Å²) in [4.78, 5) is 14.0. The molecule has 0 aromatic heterocycles. The highest BCUT2D eigenvalue weighted by Crippen LogP contribution is 2.42. The Morgan fingerprint density at radius 2 is 2.30 bits per heavy atom. The van der Waals surface area contributed by atoms with Gasteiger partial charge in [-0.25, -0.2) is 13.6 Å². The molecular formula is C16H20F2N2O3. The van der Waals surface area contributed by atoms with Crippen molar-refractivity contribution in [3.63, 3.8) is 0 Å². The van der Waals surface area contributed by atoms with Crippen LogP contribution < -0.4 is 5.32 Å². The minimum atomic E-state index is -0.593. The number of nitrogens with zero attached hydrogens (tertiary/aromatic N) is 1. The molecule has 0 bridgehead atoms. The van der Waals surface area contributed by atoms with Crippen molar-refractivity contribution in [2.75, 3.05) is 33.4 Å². The molecule has 0 unspecified atom stereocenters. The number of morpholine rings is 1. The molecule has 2 fully saturated rings. The van der Waals surface area contributed by atoms with Crippen molar-refractivity contribution < 1.29 is 23.0 Å². The van der Waals surface area contributed by atoms with Crippen LogP contribution in [0.2, 0.25) is 0 Å². The second-order valence-corrected chi connectivity index (χ2v) is 5.96. The number of rotatable bonds is 4. The van der Waals surface area contributed by atoms with Crippen LogP contribution >= 0.6 is 0 Å². The Hall–Kier alpha value is -1.73. The van der Waals surface area contributed by atoms with Crippen molar-refractivity contribution in [2.24, 2.45) is 0 Å². The number of ether oxygens (including phenoxy) is 2. The highest BCUT2D eigenvalue weighted by Gasteiger charge is 2.42. The van der Waals surface area contributed by atoms with Gasteiger partial charge in [-0.3, -0.25) is 0 Å². The summed E-state index contributed by atoms with van der Waals surface area (Å²) >= 11 is 0. The van der Waals surface area contributed by atoms with E-state index in [2.05, 4.69) is 5.32 Å². The lowest BCUT2D eigenvalue weighted by molar-refractivity contribution is -0.0494. The van der Waals surface area contributed by atoms with Crippen LogP contribution in [0.25, 0.3) is 0 Å². The maximum absolute atomic E-state index is 13.7. The van der Waals surface area contributed by atoms with Gasteiger partial charge in [-0.1, -0.05) is 6.07 Å². The van der Waals surface area contributed by atoms with E-state index in [1.165, 1.54) is 12.1 Å². The topological polar surface area (TPSA) is 50.8 Å². The molecule has 3 atom stereocenters. The number of urea groups is 1. The van der Waals surface area contributed by atoms with E-state index in [0.29, 0.717) is 38.3 Å². The number of methoxy groups -OCH3 is 1. The zero-order chi connectivity index (χ0) is 16.4. The van der Waals surface area contributed by atoms with Gasteiger partial charge in [-0.2, -0.15) is 0 Å². The summed E-state index contributed by atoms with van der Waals surface area (Å²) in [6.45, 7) is 1.91. The average Bonchev–Trinajstić information content (AvgIpc) is 3.26. The number of hydrogen-bond acceptors (Lipinski definition) is 3. The van der Waals surface area contributed by atoms with Crippen LogP contribution in [0.3, 0.4) is 0 Å². The fraction of sp³-hybridized carbons (Fsp3) is 0.562. The molecule has 1 aliphatic heterocycles. The van der Waals surface area contributed by atoms with Crippen LogP contribution in [-0.2, 0) is 9.47 Å². The van der Waals surface area contributed by atoms with Crippen molar-refractivity contribution in [3.8, 4) is 0 Å². The molecule has 0 radical (unpaired) electrons. The molecule has 1 aromatic carbocycles. The van der Waals surface area contributed by atoms with Gasteiger partial charge in [0.2, 0.25) is 0 Å². The van der Waals surface area contributed by atoms with E-state index < -0.39 is 11.6 Å². The van der Waals surface area contributed by atoms with E-state index in [1.54, 1.807) is 12.0 Å². The first-order chi connectivity index (χ1) is 11.1. The lowest BCUT2D eigenvalue weighted by Crippen LogP contribution is -2.51. The van der Waals surface area contributed by atoms with Gasteiger partial charge in [0.15, 0.2) is 0 Å². The third-order valence-corrected chi connectivity index (χ3v) is 4.24. The lowest BCUT2D eigenvalue weighted by atomic mass is 10.1. The first kappa shape index (κ1) is 16.1. The predicted molar refractivity (Wildman–Crippen MR) is 79.2 cm³/mol. The van der Waals surface area contributed by atoms with Crippen molar-refractivity contribution in [3.05, 3.63) is 35.4 Å². The van der Waals surface area contributed by atoms with E-state index >= 15 is 0 Å². The number of nitrogens with one attached hydrogen (secondary N) is 1. The zero-order valence-corrected chi connectivity index (χ0v) is 12.9. The molecule has 2 aliphatic rings. The molecule has 3 rings (SSSR count). The van der Waals surface area contributed by atoms with Crippen molar-refractivity contribution in [1.29, 1.82) is 0 Å². The second kappa shape index (κ2) is 6.80. The summed E-state index contributed by atoms with van der Waals surface area (Å²) < 4.78 is 37.2. The summed E-state index contributed by atoms with van der Waals surface area (Å²) in [6.07, 6.45) is 0.546.